The number of nitrogens with zero attached hydrogens (tertiary/aromatic N) is 5. The van der Waals surface area contributed by atoms with Crippen LogP contribution in [0.5, 0.6) is 0 Å². The highest BCUT2D eigenvalue weighted by molar-refractivity contribution is 6.02. The van der Waals surface area contributed by atoms with E-state index in [0.717, 1.165) is 11.1 Å². The third-order valence-electron chi connectivity index (χ3n) is 3.70. The summed E-state index contributed by atoms with van der Waals surface area (Å²) in [6, 6.07) is 11.2. The molecule has 0 aliphatic rings. The Labute approximate surface area is 137 Å². The first-order valence-corrected chi connectivity index (χ1v) is 7.45. The fraction of sp³-hybridized carbons (Fsp3) is 0.0588. The molecule has 4 rings (SSSR count). The maximum atomic E-state index is 12.6. The van der Waals surface area contributed by atoms with Gasteiger partial charge in [-0.3, -0.25) is 15.1 Å². The molecule has 1 amide bonds. The Kier molecular flexibility index (Phi) is 3.51. The Morgan fingerprint density at radius 1 is 1.04 bits per heavy atom. The SMILES string of the molecule is O=C(Nc1nccn1Cc1ccncc1)c1cccc2ccnn12. The average molecular weight is 318 g/mol. The van der Waals surface area contributed by atoms with Gasteiger partial charge in [-0.2, -0.15) is 5.10 Å². The highest BCUT2D eigenvalue weighted by atomic mass is 16.2. The molecule has 24 heavy (non-hydrogen) atoms. The second-order valence-corrected chi connectivity index (χ2v) is 5.27. The molecule has 0 atom stereocenters. The first kappa shape index (κ1) is 14.1. The zero-order chi connectivity index (χ0) is 16.4. The van der Waals surface area contributed by atoms with Gasteiger partial charge < -0.3 is 4.57 Å². The van der Waals surface area contributed by atoms with Crippen molar-refractivity contribution in [2.24, 2.45) is 0 Å². The second-order valence-electron chi connectivity index (χ2n) is 5.27. The van der Waals surface area contributed by atoms with Gasteiger partial charge in [-0.1, -0.05) is 6.07 Å². The van der Waals surface area contributed by atoms with Crippen molar-refractivity contribution in [1.82, 2.24) is 24.1 Å². The van der Waals surface area contributed by atoms with E-state index in [-0.39, 0.29) is 5.91 Å². The van der Waals surface area contributed by atoms with E-state index in [9.17, 15) is 4.79 Å². The van der Waals surface area contributed by atoms with Gasteiger partial charge in [-0.15, -0.1) is 0 Å². The molecule has 0 saturated heterocycles. The third kappa shape index (κ3) is 2.63. The van der Waals surface area contributed by atoms with Gasteiger partial charge >= 0.3 is 0 Å². The molecule has 0 aliphatic heterocycles. The number of hydrogen-bond acceptors (Lipinski definition) is 4. The smallest absolute Gasteiger partial charge is 0.276 e. The molecule has 4 heterocycles. The van der Waals surface area contributed by atoms with Crippen molar-refractivity contribution in [1.29, 1.82) is 0 Å². The summed E-state index contributed by atoms with van der Waals surface area (Å²) in [5, 5.41) is 7.03. The molecule has 1 N–H and O–H groups in total. The molecule has 0 bridgehead atoms. The number of imidazole rings is 1. The molecule has 7 heteroatoms. The van der Waals surface area contributed by atoms with Gasteiger partial charge in [0.25, 0.3) is 5.91 Å². The molecule has 0 radical (unpaired) electrons. The summed E-state index contributed by atoms with van der Waals surface area (Å²) in [6.07, 6.45) is 8.62. The molecule has 0 unspecified atom stereocenters. The van der Waals surface area contributed by atoms with Crippen LogP contribution in [0.4, 0.5) is 5.95 Å². The van der Waals surface area contributed by atoms with E-state index in [1.165, 1.54) is 0 Å². The summed E-state index contributed by atoms with van der Waals surface area (Å²) in [4.78, 5) is 20.8. The van der Waals surface area contributed by atoms with E-state index < -0.39 is 0 Å². The van der Waals surface area contributed by atoms with Crippen molar-refractivity contribution < 1.29 is 4.79 Å². The average Bonchev–Trinajstić information content (AvgIpc) is 3.25. The number of fused-ring (bicyclic) bond motifs is 1. The Morgan fingerprint density at radius 2 is 1.92 bits per heavy atom. The van der Waals surface area contributed by atoms with E-state index in [0.29, 0.717) is 18.2 Å². The van der Waals surface area contributed by atoms with Crippen LogP contribution in [0.25, 0.3) is 5.52 Å². The van der Waals surface area contributed by atoms with Gasteiger partial charge in [0.2, 0.25) is 5.95 Å². The monoisotopic (exact) mass is 318 g/mol. The quantitative estimate of drug-likeness (QED) is 0.626. The van der Waals surface area contributed by atoms with E-state index in [2.05, 4.69) is 20.4 Å². The maximum Gasteiger partial charge on any atom is 0.276 e. The fourth-order valence-electron chi connectivity index (χ4n) is 2.53. The number of aromatic nitrogens is 5. The van der Waals surface area contributed by atoms with Gasteiger partial charge in [-0.05, 0) is 35.9 Å². The van der Waals surface area contributed by atoms with Crippen molar-refractivity contribution in [3.8, 4) is 0 Å². The molecule has 0 saturated carbocycles. The summed E-state index contributed by atoms with van der Waals surface area (Å²) in [5.74, 6) is 0.229. The summed E-state index contributed by atoms with van der Waals surface area (Å²) in [6.45, 7) is 0.601. The number of pyridine rings is 2. The highest BCUT2D eigenvalue weighted by Gasteiger charge is 2.13. The number of rotatable bonds is 4. The second kappa shape index (κ2) is 5.96. The Bertz CT molecular complexity index is 988. The predicted octanol–water partition coefficient (Wildman–Crippen LogP) is 2.23. The van der Waals surface area contributed by atoms with Crippen LogP contribution in [0.2, 0.25) is 0 Å². The first-order valence-electron chi connectivity index (χ1n) is 7.45. The van der Waals surface area contributed by atoms with Crippen molar-refractivity contribution in [3.63, 3.8) is 0 Å². The van der Waals surface area contributed by atoms with Gasteiger partial charge in [0.15, 0.2) is 0 Å². The van der Waals surface area contributed by atoms with Crippen LogP contribution >= 0.6 is 0 Å². The summed E-state index contributed by atoms with van der Waals surface area (Å²) in [5.41, 5.74) is 2.39. The topological polar surface area (TPSA) is 77.1 Å². The molecule has 0 aliphatic carbocycles. The van der Waals surface area contributed by atoms with Crippen LogP contribution in [-0.2, 0) is 6.54 Å². The minimum Gasteiger partial charge on any atom is -0.313 e. The molecule has 0 fully saturated rings. The number of nitrogens with one attached hydrogen (secondary N) is 1. The van der Waals surface area contributed by atoms with Crippen LogP contribution in [0.3, 0.4) is 0 Å². The van der Waals surface area contributed by atoms with Gasteiger partial charge in [0.05, 0.1) is 18.3 Å². The lowest BCUT2D eigenvalue weighted by Crippen LogP contribution is -2.19. The normalized spacial score (nSPS) is 10.8. The lowest BCUT2D eigenvalue weighted by atomic mass is 10.3. The van der Waals surface area contributed by atoms with E-state index in [1.807, 2.05) is 41.1 Å². The maximum absolute atomic E-state index is 12.6. The zero-order valence-electron chi connectivity index (χ0n) is 12.7. The largest absolute Gasteiger partial charge is 0.313 e. The summed E-state index contributed by atoms with van der Waals surface area (Å²) in [7, 11) is 0. The van der Waals surface area contributed by atoms with E-state index >= 15 is 0 Å². The van der Waals surface area contributed by atoms with E-state index in [1.54, 1.807) is 35.4 Å². The standard InChI is InChI=1S/C17H14N6O/c24-16(15-3-1-2-14-6-9-20-23(14)15)21-17-19-10-11-22(17)12-13-4-7-18-8-5-13/h1-11H,12H2,(H,19,21,24). The Hall–Kier alpha value is -3.48. The van der Waals surface area contributed by atoms with Gasteiger partial charge in [0, 0.05) is 24.8 Å². The first-order chi connectivity index (χ1) is 11.8. The number of carbonyl (C=O) groups excluding carboxylic acids is 1. The van der Waals surface area contributed by atoms with E-state index in [4.69, 9.17) is 0 Å². The zero-order valence-corrected chi connectivity index (χ0v) is 12.7. The molecular weight excluding hydrogens is 304 g/mol. The van der Waals surface area contributed by atoms with Crippen LogP contribution < -0.4 is 5.32 Å². The van der Waals surface area contributed by atoms with Crippen molar-refractivity contribution >= 4 is 17.4 Å². The molecule has 7 nitrogen and oxygen atoms in total. The molecular formula is C17H14N6O. The highest BCUT2D eigenvalue weighted by Crippen LogP contribution is 2.12. The number of amides is 1. The summed E-state index contributed by atoms with van der Waals surface area (Å²) < 4.78 is 3.47. The molecule has 0 aromatic carbocycles. The molecule has 4 aromatic heterocycles. The number of hydrogen-bond donors (Lipinski definition) is 1. The van der Waals surface area contributed by atoms with Crippen LogP contribution in [0.15, 0.2) is 67.4 Å². The van der Waals surface area contributed by atoms with Crippen molar-refractivity contribution in [3.05, 3.63) is 78.6 Å². The fourth-order valence-corrected chi connectivity index (χ4v) is 2.53. The van der Waals surface area contributed by atoms with Crippen molar-refractivity contribution in [2.75, 3.05) is 5.32 Å². The molecule has 4 aromatic rings. The Balaban J connectivity index is 1.59. The Morgan fingerprint density at radius 3 is 2.79 bits per heavy atom. The van der Waals surface area contributed by atoms with Gasteiger partial charge in [0.1, 0.15) is 5.69 Å². The minimum absolute atomic E-state index is 0.258. The molecule has 118 valence electrons. The van der Waals surface area contributed by atoms with Crippen LogP contribution in [0, 0.1) is 0 Å². The van der Waals surface area contributed by atoms with Crippen LogP contribution in [0.1, 0.15) is 16.1 Å². The predicted molar refractivity (Wildman–Crippen MR) is 88.7 cm³/mol. The summed E-state index contributed by atoms with van der Waals surface area (Å²) >= 11 is 0. The molecule has 0 spiro atoms. The number of anilines is 1. The minimum atomic E-state index is -0.258. The third-order valence-corrected chi connectivity index (χ3v) is 3.70. The van der Waals surface area contributed by atoms with Crippen LogP contribution in [-0.4, -0.2) is 30.1 Å². The van der Waals surface area contributed by atoms with Crippen molar-refractivity contribution in [2.45, 2.75) is 6.54 Å². The lowest BCUT2D eigenvalue weighted by molar-refractivity contribution is 0.101. The van der Waals surface area contributed by atoms with Gasteiger partial charge in [-0.25, -0.2) is 9.50 Å². The number of carbonyl (C=O) groups is 1. The lowest BCUT2D eigenvalue weighted by Gasteiger charge is -2.10.